The van der Waals surface area contributed by atoms with Gasteiger partial charge in [0.25, 0.3) is 0 Å². The summed E-state index contributed by atoms with van der Waals surface area (Å²) in [5.74, 6) is -0.0264. The number of hydrogen-bond donors (Lipinski definition) is 1. The lowest BCUT2D eigenvalue weighted by Gasteiger charge is -2.15. The van der Waals surface area contributed by atoms with E-state index in [0.717, 1.165) is 16.3 Å². The molecule has 0 radical (unpaired) electrons. The summed E-state index contributed by atoms with van der Waals surface area (Å²) in [6.45, 7) is 2.04. The predicted molar refractivity (Wildman–Crippen MR) is 81.2 cm³/mol. The SMILES string of the molecule is COCCS(=O)(=O)N[C@@H](C)c1ccc2ccccc2c1. The van der Waals surface area contributed by atoms with E-state index in [-0.39, 0.29) is 18.4 Å². The van der Waals surface area contributed by atoms with Gasteiger partial charge in [-0.2, -0.15) is 0 Å². The van der Waals surface area contributed by atoms with E-state index in [2.05, 4.69) is 4.72 Å². The summed E-state index contributed by atoms with van der Waals surface area (Å²) < 4.78 is 31.2. The first kappa shape index (κ1) is 15.0. The van der Waals surface area contributed by atoms with Crippen LogP contribution in [-0.4, -0.2) is 27.9 Å². The van der Waals surface area contributed by atoms with E-state index in [9.17, 15) is 8.42 Å². The van der Waals surface area contributed by atoms with Crippen LogP contribution in [0.4, 0.5) is 0 Å². The molecule has 0 amide bonds. The van der Waals surface area contributed by atoms with Gasteiger partial charge in [0.2, 0.25) is 10.0 Å². The topological polar surface area (TPSA) is 55.4 Å². The minimum atomic E-state index is -3.32. The minimum absolute atomic E-state index is 0.0264. The number of methoxy groups -OCH3 is 1. The maximum Gasteiger partial charge on any atom is 0.214 e. The zero-order valence-corrected chi connectivity index (χ0v) is 12.5. The van der Waals surface area contributed by atoms with Gasteiger partial charge in [-0.25, -0.2) is 13.1 Å². The average Bonchev–Trinajstić information content (AvgIpc) is 2.44. The lowest BCUT2D eigenvalue weighted by atomic mass is 10.0. The van der Waals surface area contributed by atoms with E-state index in [1.807, 2.05) is 49.4 Å². The Morgan fingerprint density at radius 1 is 1.15 bits per heavy atom. The fraction of sp³-hybridized carbons (Fsp3) is 0.333. The molecule has 0 aliphatic heterocycles. The molecule has 2 aromatic carbocycles. The third-order valence-corrected chi connectivity index (χ3v) is 4.60. The normalized spacial score (nSPS) is 13.5. The minimum Gasteiger partial charge on any atom is -0.384 e. The number of hydrogen-bond acceptors (Lipinski definition) is 3. The van der Waals surface area contributed by atoms with E-state index in [4.69, 9.17) is 4.74 Å². The van der Waals surface area contributed by atoms with Crippen molar-refractivity contribution >= 4 is 20.8 Å². The number of fused-ring (bicyclic) bond motifs is 1. The van der Waals surface area contributed by atoms with Gasteiger partial charge in [0, 0.05) is 13.2 Å². The maximum absolute atomic E-state index is 11.8. The van der Waals surface area contributed by atoms with Gasteiger partial charge in [-0.1, -0.05) is 36.4 Å². The quantitative estimate of drug-likeness (QED) is 0.890. The largest absolute Gasteiger partial charge is 0.384 e. The predicted octanol–water partition coefficient (Wildman–Crippen LogP) is 2.47. The van der Waals surface area contributed by atoms with Crippen LogP contribution in [0.15, 0.2) is 42.5 Å². The molecule has 0 saturated heterocycles. The van der Waals surface area contributed by atoms with Crippen molar-refractivity contribution in [3.8, 4) is 0 Å². The highest BCUT2D eigenvalue weighted by atomic mass is 32.2. The second-order valence-corrected chi connectivity index (χ2v) is 6.63. The maximum atomic E-state index is 11.8. The lowest BCUT2D eigenvalue weighted by Crippen LogP contribution is -2.30. The molecule has 0 aliphatic rings. The number of ether oxygens (including phenoxy) is 1. The van der Waals surface area contributed by atoms with Crippen molar-refractivity contribution in [3.05, 3.63) is 48.0 Å². The first-order chi connectivity index (χ1) is 9.52. The van der Waals surface area contributed by atoms with E-state index in [1.165, 1.54) is 7.11 Å². The van der Waals surface area contributed by atoms with Crippen molar-refractivity contribution in [1.29, 1.82) is 0 Å². The molecule has 0 aromatic heterocycles. The van der Waals surface area contributed by atoms with Gasteiger partial charge in [0.15, 0.2) is 0 Å². The molecule has 4 nitrogen and oxygen atoms in total. The Morgan fingerprint density at radius 3 is 2.55 bits per heavy atom. The molecule has 20 heavy (non-hydrogen) atoms. The molecule has 2 rings (SSSR count). The number of nitrogens with one attached hydrogen (secondary N) is 1. The summed E-state index contributed by atoms with van der Waals surface area (Å²) in [6.07, 6.45) is 0. The van der Waals surface area contributed by atoms with Crippen LogP contribution >= 0.6 is 0 Å². The van der Waals surface area contributed by atoms with E-state index in [0.29, 0.717) is 0 Å². The van der Waals surface area contributed by atoms with Gasteiger partial charge in [-0.05, 0) is 29.3 Å². The fourth-order valence-corrected chi connectivity index (χ4v) is 3.25. The Kier molecular flexibility index (Phi) is 4.75. The van der Waals surface area contributed by atoms with Gasteiger partial charge in [-0.15, -0.1) is 0 Å². The van der Waals surface area contributed by atoms with E-state index < -0.39 is 10.0 Å². The van der Waals surface area contributed by atoms with Crippen LogP contribution in [0.2, 0.25) is 0 Å². The molecule has 5 heteroatoms. The Morgan fingerprint density at radius 2 is 1.85 bits per heavy atom. The third-order valence-electron chi connectivity index (χ3n) is 3.19. The fourth-order valence-electron chi connectivity index (χ4n) is 2.07. The monoisotopic (exact) mass is 293 g/mol. The number of rotatable bonds is 6. The van der Waals surface area contributed by atoms with Crippen LogP contribution in [0.3, 0.4) is 0 Å². The smallest absolute Gasteiger partial charge is 0.214 e. The van der Waals surface area contributed by atoms with Gasteiger partial charge < -0.3 is 4.74 Å². The molecule has 0 heterocycles. The highest BCUT2D eigenvalue weighted by Gasteiger charge is 2.15. The molecule has 0 aliphatic carbocycles. The van der Waals surface area contributed by atoms with Gasteiger partial charge in [0.1, 0.15) is 0 Å². The Bertz CT molecular complexity index is 682. The summed E-state index contributed by atoms with van der Waals surface area (Å²) in [5.41, 5.74) is 0.949. The van der Waals surface area contributed by atoms with Gasteiger partial charge in [0.05, 0.1) is 12.4 Å². The van der Waals surface area contributed by atoms with Crippen LogP contribution in [0, 0.1) is 0 Å². The van der Waals surface area contributed by atoms with Gasteiger partial charge in [-0.3, -0.25) is 0 Å². The molecule has 1 N–H and O–H groups in total. The lowest BCUT2D eigenvalue weighted by molar-refractivity contribution is 0.216. The molecule has 0 spiro atoms. The summed E-state index contributed by atoms with van der Waals surface area (Å²) >= 11 is 0. The van der Waals surface area contributed by atoms with Crippen LogP contribution in [0.5, 0.6) is 0 Å². The van der Waals surface area contributed by atoms with Crippen LogP contribution in [0.25, 0.3) is 10.8 Å². The molecular formula is C15H19NO3S. The van der Waals surface area contributed by atoms with Crippen molar-refractivity contribution in [2.75, 3.05) is 19.5 Å². The Hall–Kier alpha value is -1.43. The first-order valence-corrected chi connectivity index (χ1v) is 8.15. The third kappa shape index (κ3) is 3.79. The van der Waals surface area contributed by atoms with Crippen molar-refractivity contribution in [2.45, 2.75) is 13.0 Å². The second-order valence-electron chi connectivity index (χ2n) is 4.76. The zero-order chi connectivity index (χ0) is 14.6. The van der Waals surface area contributed by atoms with Crippen molar-refractivity contribution in [2.24, 2.45) is 0 Å². The van der Waals surface area contributed by atoms with Gasteiger partial charge >= 0.3 is 0 Å². The molecule has 108 valence electrons. The molecular weight excluding hydrogens is 274 g/mol. The van der Waals surface area contributed by atoms with Crippen molar-refractivity contribution < 1.29 is 13.2 Å². The second kappa shape index (κ2) is 6.35. The summed E-state index contributed by atoms with van der Waals surface area (Å²) in [7, 11) is -1.83. The molecule has 0 bridgehead atoms. The van der Waals surface area contributed by atoms with Crippen LogP contribution < -0.4 is 4.72 Å². The number of sulfonamides is 1. The van der Waals surface area contributed by atoms with Crippen molar-refractivity contribution in [3.63, 3.8) is 0 Å². The Labute approximate surface area is 119 Å². The molecule has 0 fully saturated rings. The standard InChI is InChI=1S/C15H19NO3S/c1-12(16-20(17,18)10-9-19-2)14-8-7-13-5-3-4-6-15(13)11-14/h3-8,11-12,16H,9-10H2,1-2H3/t12-/m0/s1. The Balaban J connectivity index is 2.16. The summed E-state index contributed by atoms with van der Waals surface area (Å²) in [6, 6.07) is 13.7. The van der Waals surface area contributed by atoms with Crippen LogP contribution in [0.1, 0.15) is 18.5 Å². The zero-order valence-electron chi connectivity index (χ0n) is 11.7. The highest BCUT2D eigenvalue weighted by Crippen LogP contribution is 2.20. The molecule has 1 atom stereocenters. The molecule has 2 aromatic rings. The van der Waals surface area contributed by atoms with Crippen molar-refractivity contribution in [1.82, 2.24) is 4.72 Å². The highest BCUT2D eigenvalue weighted by molar-refractivity contribution is 7.89. The first-order valence-electron chi connectivity index (χ1n) is 6.49. The average molecular weight is 293 g/mol. The van der Waals surface area contributed by atoms with Crippen LogP contribution in [-0.2, 0) is 14.8 Å². The van der Waals surface area contributed by atoms with E-state index >= 15 is 0 Å². The summed E-state index contributed by atoms with van der Waals surface area (Å²) in [5, 5.41) is 2.25. The molecule has 0 unspecified atom stereocenters. The summed E-state index contributed by atoms with van der Waals surface area (Å²) in [4.78, 5) is 0. The number of benzene rings is 2. The molecule has 0 saturated carbocycles. The van der Waals surface area contributed by atoms with E-state index in [1.54, 1.807) is 0 Å².